The molecule has 0 radical (unpaired) electrons. The number of halogens is 1. The molecule has 14 heteroatoms. The zero-order chi connectivity index (χ0) is 23.6. The first-order valence-electron chi connectivity index (χ1n) is 9.37. The van der Waals surface area contributed by atoms with Crippen LogP contribution in [-0.4, -0.2) is 92.9 Å². The molecule has 0 saturated carbocycles. The zero-order valence-corrected chi connectivity index (χ0v) is 18.1. The lowest BCUT2D eigenvalue weighted by molar-refractivity contribution is -0.156. The van der Waals surface area contributed by atoms with E-state index in [9.17, 15) is 38.1 Å². The average molecular weight is 488 g/mol. The molecule has 4 rings (SSSR count). The Labute approximate surface area is 186 Å². The Bertz CT molecular complexity index is 1160. The van der Waals surface area contributed by atoms with Crippen LogP contribution in [0.2, 0.25) is 5.02 Å². The fourth-order valence-corrected chi connectivity index (χ4v) is 6.43. The van der Waals surface area contributed by atoms with Crippen LogP contribution in [0, 0.1) is 0 Å². The smallest absolute Gasteiger partial charge is 0.328 e. The summed E-state index contributed by atoms with van der Waals surface area (Å²) >= 11 is 5.89. The summed E-state index contributed by atoms with van der Waals surface area (Å²) in [5.41, 5.74) is -0.0213. The van der Waals surface area contributed by atoms with Gasteiger partial charge in [-0.1, -0.05) is 16.8 Å². The summed E-state index contributed by atoms with van der Waals surface area (Å²) in [6.07, 6.45) is 0.0201. The average Bonchev–Trinajstić information content (AvgIpc) is 2.82. The summed E-state index contributed by atoms with van der Waals surface area (Å²) in [5.74, 6) is -3.62. The Balaban J connectivity index is 1.42. The van der Waals surface area contributed by atoms with Crippen LogP contribution in [0.25, 0.3) is 0 Å². The highest BCUT2D eigenvalue weighted by Crippen LogP contribution is 2.45. The van der Waals surface area contributed by atoms with Crippen molar-refractivity contribution < 1.29 is 43.0 Å². The number of benzene rings is 1. The van der Waals surface area contributed by atoms with Crippen LogP contribution in [0.3, 0.4) is 0 Å². The van der Waals surface area contributed by atoms with Gasteiger partial charge in [-0.25, -0.2) is 13.2 Å². The number of amides is 2. The van der Waals surface area contributed by atoms with Crippen molar-refractivity contribution in [2.75, 3.05) is 13.1 Å². The van der Waals surface area contributed by atoms with Crippen LogP contribution in [0.15, 0.2) is 17.3 Å². The number of aliphatic carboxylic acids is 1. The molecule has 3 atom stereocenters. The topological polar surface area (TPSA) is 174 Å². The number of carbonyl (C=O) groups excluding carboxylic acids is 2. The van der Waals surface area contributed by atoms with Crippen molar-refractivity contribution in [3.8, 4) is 11.5 Å². The number of fused-ring (bicyclic) bond motifs is 1. The predicted molar refractivity (Wildman–Crippen MR) is 108 cm³/mol. The maximum absolute atomic E-state index is 12.8. The van der Waals surface area contributed by atoms with Crippen molar-refractivity contribution in [3.05, 3.63) is 22.7 Å². The molecule has 0 aromatic heterocycles. The van der Waals surface area contributed by atoms with E-state index in [-0.39, 0.29) is 30.1 Å². The molecule has 1 aromatic rings. The van der Waals surface area contributed by atoms with E-state index in [0.717, 1.165) is 17.2 Å². The molecule has 3 fully saturated rings. The fraction of sp³-hybridized carbons (Fsp3) is 0.444. The molecule has 1 aromatic carbocycles. The predicted octanol–water partition coefficient (Wildman–Crippen LogP) is -0.223. The summed E-state index contributed by atoms with van der Waals surface area (Å²) in [6.45, 7) is 1.33. The summed E-state index contributed by atoms with van der Waals surface area (Å²) in [4.78, 5) is 43.3. The number of phenolic OH excluding ortho intramolecular Hbond substituents is 2. The summed E-state index contributed by atoms with van der Waals surface area (Å²) in [6, 6.07) is 0.770. The minimum Gasteiger partial charge on any atom is -0.504 e. The van der Waals surface area contributed by atoms with Gasteiger partial charge in [0.1, 0.15) is 10.1 Å². The first kappa shape index (κ1) is 22.1. The molecule has 0 spiro atoms. The Morgan fingerprint density at radius 1 is 1.31 bits per heavy atom. The lowest BCUT2D eigenvalue weighted by atomic mass is 9.98. The van der Waals surface area contributed by atoms with Gasteiger partial charge in [-0.2, -0.15) is 0 Å². The molecule has 0 unspecified atom stereocenters. The van der Waals surface area contributed by atoms with Gasteiger partial charge in [-0.05, 0) is 19.1 Å². The van der Waals surface area contributed by atoms with Crippen molar-refractivity contribution in [1.82, 2.24) is 9.80 Å². The van der Waals surface area contributed by atoms with Gasteiger partial charge >= 0.3 is 5.97 Å². The molecule has 0 bridgehead atoms. The van der Waals surface area contributed by atoms with Gasteiger partial charge in [0.15, 0.2) is 33.5 Å². The molecule has 3 N–H and O–H groups in total. The molecule has 3 aliphatic heterocycles. The van der Waals surface area contributed by atoms with Crippen molar-refractivity contribution in [1.29, 1.82) is 0 Å². The van der Waals surface area contributed by atoms with Crippen molar-refractivity contribution in [3.63, 3.8) is 0 Å². The lowest BCUT2D eigenvalue weighted by Crippen LogP contribution is -2.57. The van der Waals surface area contributed by atoms with Crippen LogP contribution in [0.5, 0.6) is 11.5 Å². The van der Waals surface area contributed by atoms with Gasteiger partial charge in [0.25, 0.3) is 5.91 Å². The normalized spacial score (nSPS) is 28.9. The zero-order valence-electron chi connectivity index (χ0n) is 16.5. The number of sulfone groups is 1. The second-order valence-corrected chi connectivity index (χ2v) is 10.8. The van der Waals surface area contributed by atoms with E-state index in [0.29, 0.717) is 0 Å². The van der Waals surface area contributed by atoms with E-state index >= 15 is 0 Å². The van der Waals surface area contributed by atoms with E-state index in [4.69, 9.17) is 16.4 Å². The summed E-state index contributed by atoms with van der Waals surface area (Å²) in [7, 11) is -4.04. The Morgan fingerprint density at radius 3 is 2.56 bits per heavy atom. The monoisotopic (exact) mass is 487 g/mol. The third-order valence-electron chi connectivity index (χ3n) is 5.95. The number of phenols is 2. The third-order valence-corrected chi connectivity index (χ3v) is 9.00. The second kappa shape index (κ2) is 7.24. The number of hydrogen-bond acceptors (Lipinski definition) is 9. The number of nitrogens with zero attached hydrogens (tertiary/aromatic N) is 3. The number of β-lactam (4-membered cyclic amide) rings is 1. The van der Waals surface area contributed by atoms with E-state index in [1.54, 1.807) is 0 Å². The number of carbonyl (C=O) groups is 3. The third kappa shape index (κ3) is 2.98. The van der Waals surface area contributed by atoms with Gasteiger partial charge < -0.3 is 30.0 Å². The molecule has 3 saturated heterocycles. The van der Waals surface area contributed by atoms with Crippen LogP contribution in [0.1, 0.15) is 23.7 Å². The van der Waals surface area contributed by atoms with Crippen molar-refractivity contribution >= 4 is 45.4 Å². The molecular weight excluding hydrogens is 470 g/mol. The first-order valence-corrected chi connectivity index (χ1v) is 11.3. The Kier molecular flexibility index (Phi) is 5.01. The van der Waals surface area contributed by atoms with Crippen molar-refractivity contribution in [2.24, 2.45) is 5.16 Å². The van der Waals surface area contributed by atoms with Gasteiger partial charge in [-0.3, -0.25) is 9.59 Å². The minimum absolute atomic E-state index is 0.0213. The molecular formula is C18H18ClN3O9S. The van der Waals surface area contributed by atoms with Crippen LogP contribution in [-0.2, 0) is 24.3 Å². The largest absolute Gasteiger partial charge is 0.504 e. The molecule has 172 valence electrons. The maximum Gasteiger partial charge on any atom is 0.328 e. The van der Waals surface area contributed by atoms with Gasteiger partial charge in [0.05, 0.1) is 36.3 Å². The standard InChI is InChI=1S/C18H18ClN3O9S/c1-18(15(17(27)28)22-11(24)4-12(22)32(18,29)30)7-20-31-8-5-21(6-8)16(26)9-2-3-10(23)14(25)13(9)19/h2-3,7-8,12,15,23,25H,4-6H2,1H3,(H,27,28)/b20-7+/t12-,15+,18+/m1/s1. The number of oxime groups is 1. The summed E-state index contributed by atoms with van der Waals surface area (Å²) < 4.78 is 23.6. The SMILES string of the molecule is C[C@]1(/C=N/OC2CN(C(=O)c3ccc(O)c(O)c3Cl)C2)[C@H](C(=O)O)N2C(=O)C[C@H]2S1(=O)=O. The van der Waals surface area contributed by atoms with E-state index in [2.05, 4.69) is 5.16 Å². The van der Waals surface area contributed by atoms with E-state index in [1.165, 1.54) is 17.9 Å². The van der Waals surface area contributed by atoms with Gasteiger partial charge in [-0.15, -0.1) is 0 Å². The van der Waals surface area contributed by atoms with Gasteiger partial charge in [0, 0.05) is 0 Å². The molecule has 12 nitrogen and oxygen atoms in total. The van der Waals surface area contributed by atoms with Crippen LogP contribution in [0.4, 0.5) is 0 Å². The van der Waals surface area contributed by atoms with Crippen molar-refractivity contribution in [2.45, 2.75) is 35.6 Å². The number of likely N-dealkylation sites (tertiary alicyclic amines) is 1. The number of carboxylic acids is 1. The Morgan fingerprint density at radius 2 is 1.97 bits per heavy atom. The molecule has 3 aliphatic rings. The quantitative estimate of drug-likeness (QED) is 0.219. The minimum atomic E-state index is -4.04. The lowest BCUT2D eigenvalue weighted by Gasteiger charge is -2.37. The second-order valence-electron chi connectivity index (χ2n) is 7.90. The molecule has 32 heavy (non-hydrogen) atoms. The highest BCUT2D eigenvalue weighted by molar-refractivity contribution is 7.94. The molecule has 3 heterocycles. The highest BCUT2D eigenvalue weighted by Gasteiger charge is 2.69. The van der Waals surface area contributed by atoms with Gasteiger partial charge in [0.2, 0.25) is 5.91 Å². The van der Waals surface area contributed by atoms with E-state index < -0.39 is 61.4 Å². The first-order chi connectivity index (χ1) is 14.9. The fourth-order valence-electron chi connectivity index (χ4n) is 3.99. The highest BCUT2D eigenvalue weighted by atomic mass is 35.5. The molecule has 2 amide bonds. The Hall–Kier alpha value is -3.06. The number of rotatable bonds is 5. The number of hydrogen-bond donors (Lipinski definition) is 3. The maximum atomic E-state index is 12.8. The van der Waals surface area contributed by atoms with Crippen LogP contribution >= 0.6 is 11.6 Å². The number of carboxylic acid groups (broad SMARTS) is 1. The summed E-state index contributed by atoms with van der Waals surface area (Å²) in [5, 5.41) is 30.7. The van der Waals surface area contributed by atoms with Crippen LogP contribution < -0.4 is 0 Å². The van der Waals surface area contributed by atoms with E-state index in [1.807, 2.05) is 0 Å². The molecule has 0 aliphatic carbocycles. The number of aromatic hydroxyl groups is 2.